The molecule has 14 heavy (non-hydrogen) atoms. The molecule has 1 aliphatic rings. The average Bonchev–Trinajstić information content (AvgIpc) is 2.26. The molecule has 1 fully saturated rings. The van der Waals surface area contributed by atoms with Gasteiger partial charge in [-0.2, -0.15) is 0 Å². The van der Waals surface area contributed by atoms with Crippen LogP contribution in [0.25, 0.3) is 0 Å². The van der Waals surface area contributed by atoms with Crippen LogP contribution in [0.5, 0.6) is 0 Å². The van der Waals surface area contributed by atoms with Gasteiger partial charge in [0.15, 0.2) is 0 Å². The highest BCUT2D eigenvalue weighted by Crippen LogP contribution is 2.28. The van der Waals surface area contributed by atoms with E-state index in [0.29, 0.717) is 0 Å². The van der Waals surface area contributed by atoms with E-state index in [1.165, 1.54) is 51.4 Å². The van der Waals surface area contributed by atoms with Gasteiger partial charge in [-0.1, -0.05) is 25.3 Å². The number of hydrogen-bond acceptors (Lipinski definition) is 1. The number of allylic oxidation sites excluding steroid dienone is 1. The minimum Gasteiger partial charge on any atom is -0.317 e. The largest absolute Gasteiger partial charge is 0.317 e. The Morgan fingerprint density at radius 2 is 2.07 bits per heavy atom. The molecule has 1 nitrogen and oxygen atoms in total. The highest BCUT2D eigenvalue weighted by Gasteiger charge is 2.21. The summed E-state index contributed by atoms with van der Waals surface area (Å²) in [6.07, 6.45) is 13.1. The van der Waals surface area contributed by atoms with Crippen molar-refractivity contribution in [1.82, 2.24) is 5.32 Å². The van der Waals surface area contributed by atoms with E-state index in [2.05, 4.69) is 18.9 Å². The Balaban J connectivity index is 2.24. The molecule has 1 aliphatic carbocycles. The van der Waals surface area contributed by atoms with Crippen molar-refractivity contribution >= 4 is 0 Å². The standard InChI is InChI=1S/C13H25N/c1-3-4-6-11-13(14-2)12-9-7-5-8-10-12/h3,12-14H,1,4-11H2,2H3. The maximum Gasteiger partial charge on any atom is 0.00924 e. The van der Waals surface area contributed by atoms with E-state index in [4.69, 9.17) is 0 Å². The zero-order chi connectivity index (χ0) is 10.2. The minimum absolute atomic E-state index is 0.759. The molecule has 0 saturated heterocycles. The second-order valence-electron chi connectivity index (χ2n) is 4.51. The maximum absolute atomic E-state index is 3.78. The van der Waals surface area contributed by atoms with Gasteiger partial charge in [-0.25, -0.2) is 0 Å². The van der Waals surface area contributed by atoms with Gasteiger partial charge in [0.2, 0.25) is 0 Å². The Bertz CT molecular complexity index is 147. The first-order valence-corrected chi connectivity index (χ1v) is 6.16. The lowest BCUT2D eigenvalue weighted by atomic mass is 9.82. The van der Waals surface area contributed by atoms with Crippen LogP contribution in [0.3, 0.4) is 0 Å². The minimum atomic E-state index is 0.759. The molecule has 0 aromatic carbocycles. The fourth-order valence-corrected chi connectivity index (χ4v) is 2.63. The third-order valence-corrected chi connectivity index (χ3v) is 3.51. The molecule has 1 saturated carbocycles. The lowest BCUT2D eigenvalue weighted by Gasteiger charge is -2.30. The zero-order valence-corrected chi connectivity index (χ0v) is 9.60. The lowest BCUT2D eigenvalue weighted by molar-refractivity contribution is 0.265. The van der Waals surface area contributed by atoms with E-state index >= 15 is 0 Å². The molecule has 0 heterocycles. The molecule has 0 spiro atoms. The van der Waals surface area contributed by atoms with Crippen molar-refractivity contribution in [3.8, 4) is 0 Å². The molecule has 1 heteroatoms. The summed E-state index contributed by atoms with van der Waals surface area (Å²) in [6.45, 7) is 3.78. The van der Waals surface area contributed by atoms with Crippen molar-refractivity contribution in [3.63, 3.8) is 0 Å². The molecule has 0 radical (unpaired) electrons. The summed E-state index contributed by atoms with van der Waals surface area (Å²) in [6, 6.07) is 0.759. The van der Waals surface area contributed by atoms with Gasteiger partial charge in [0.1, 0.15) is 0 Å². The Morgan fingerprint density at radius 3 is 2.64 bits per heavy atom. The molecule has 82 valence electrons. The second-order valence-corrected chi connectivity index (χ2v) is 4.51. The first-order chi connectivity index (χ1) is 6.88. The van der Waals surface area contributed by atoms with Crippen LogP contribution in [0.4, 0.5) is 0 Å². The van der Waals surface area contributed by atoms with Crippen LogP contribution in [0.15, 0.2) is 12.7 Å². The van der Waals surface area contributed by atoms with Crippen LogP contribution in [0.1, 0.15) is 51.4 Å². The van der Waals surface area contributed by atoms with Gasteiger partial charge in [0, 0.05) is 6.04 Å². The molecular weight excluding hydrogens is 170 g/mol. The van der Waals surface area contributed by atoms with Crippen LogP contribution in [-0.4, -0.2) is 13.1 Å². The van der Waals surface area contributed by atoms with Crippen LogP contribution in [0.2, 0.25) is 0 Å². The van der Waals surface area contributed by atoms with E-state index in [9.17, 15) is 0 Å². The van der Waals surface area contributed by atoms with Crippen molar-refractivity contribution in [2.75, 3.05) is 7.05 Å². The topological polar surface area (TPSA) is 12.0 Å². The Kier molecular flexibility index (Phi) is 5.93. The molecule has 1 N–H and O–H groups in total. The summed E-state index contributed by atoms with van der Waals surface area (Å²) < 4.78 is 0. The van der Waals surface area contributed by atoms with Crippen molar-refractivity contribution in [2.45, 2.75) is 57.4 Å². The van der Waals surface area contributed by atoms with E-state index in [1.54, 1.807) is 0 Å². The van der Waals surface area contributed by atoms with Gasteiger partial charge in [-0.3, -0.25) is 0 Å². The molecule has 1 rings (SSSR count). The molecule has 0 aromatic rings. The SMILES string of the molecule is C=CCCCC(NC)C1CCCCC1. The first kappa shape index (κ1) is 11.8. The van der Waals surface area contributed by atoms with E-state index in [1.807, 2.05) is 6.08 Å². The Morgan fingerprint density at radius 1 is 1.36 bits per heavy atom. The fraction of sp³-hybridized carbons (Fsp3) is 0.846. The van der Waals surface area contributed by atoms with Crippen LogP contribution in [0, 0.1) is 5.92 Å². The van der Waals surface area contributed by atoms with Gasteiger partial charge in [-0.05, 0) is 45.1 Å². The molecule has 0 aliphatic heterocycles. The second kappa shape index (κ2) is 7.05. The summed E-state index contributed by atoms with van der Waals surface area (Å²) in [5.41, 5.74) is 0. The predicted molar refractivity (Wildman–Crippen MR) is 63.5 cm³/mol. The molecule has 1 atom stereocenters. The molecule has 1 unspecified atom stereocenters. The van der Waals surface area contributed by atoms with Crippen LogP contribution >= 0.6 is 0 Å². The molecule has 0 bridgehead atoms. The monoisotopic (exact) mass is 195 g/mol. The molecule has 0 amide bonds. The van der Waals surface area contributed by atoms with Gasteiger partial charge < -0.3 is 5.32 Å². The van der Waals surface area contributed by atoms with Crippen molar-refractivity contribution in [2.24, 2.45) is 5.92 Å². The smallest absolute Gasteiger partial charge is 0.00924 e. The molecular formula is C13H25N. The maximum atomic E-state index is 3.78. The zero-order valence-electron chi connectivity index (χ0n) is 9.60. The summed E-state index contributed by atoms with van der Waals surface area (Å²) in [5, 5.41) is 3.50. The highest BCUT2D eigenvalue weighted by atomic mass is 14.9. The Hall–Kier alpha value is -0.300. The number of unbranched alkanes of at least 4 members (excludes halogenated alkanes) is 1. The predicted octanol–water partition coefficient (Wildman–Crippen LogP) is 3.51. The highest BCUT2D eigenvalue weighted by molar-refractivity contribution is 4.79. The van der Waals surface area contributed by atoms with E-state index in [0.717, 1.165) is 12.0 Å². The summed E-state index contributed by atoms with van der Waals surface area (Å²) in [5.74, 6) is 0.943. The average molecular weight is 195 g/mol. The quantitative estimate of drug-likeness (QED) is 0.505. The summed E-state index contributed by atoms with van der Waals surface area (Å²) in [7, 11) is 2.12. The normalized spacial score (nSPS) is 20.6. The fourth-order valence-electron chi connectivity index (χ4n) is 2.63. The third kappa shape index (κ3) is 3.83. The van der Waals surface area contributed by atoms with E-state index < -0.39 is 0 Å². The third-order valence-electron chi connectivity index (χ3n) is 3.51. The van der Waals surface area contributed by atoms with Gasteiger partial charge in [0.05, 0.1) is 0 Å². The van der Waals surface area contributed by atoms with Gasteiger partial charge in [-0.15, -0.1) is 6.58 Å². The number of rotatable bonds is 6. The van der Waals surface area contributed by atoms with Crippen molar-refractivity contribution in [1.29, 1.82) is 0 Å². The first-order valence-electron chi connectivity index (χ1n) is 6.16. The van der Waals surface area contributed by atoms with Crippen molar-refractivity contribution < 1.29 is 0 Å². The van der Waals surface area contributed by atoms with Gasteiger partial charge in [0.25, 0.3) is 0 Å². The van der Waals surface area contributed by atoms with Gasteiger partial charge >= 0.3 is 0 Å². The summed E-state index contributed by atoms with van der Waals surface area (Å²) in [4.78, 5) is 0. The molecule has 0 aromatic heterocycles. The van der Waals surface area contributed by atoms with Crippen LogP contribution in [-0.2, 0) is 0 Å². The summed E-state index contributed by atoms with van der Waals surface area (Å²) >= 11 is 0. The van der Waals surface area contributed by atoms with Crippen LogP contribution < -0.4 is 5.32 Å². The number of hydrogen-bond donors (Lipinski definition) is 1. The number of nitrogens with one attached hydrogen (secondary N) is 1. The van der Waals surface area contributed by atoms with E-state index in [-0.39, 0.29) is 0 Å². The Labute approximate surface area is 89.0 Å². The van der Waals surface area contributed by atoms with Crippen molar-refractivity contribution in [3.05, 3.63) is 12.7 Å². The lowest BCUT2D eigenvalue weighted by Crippen LogP contribution is -2.34.